The molecule has 150 valence electrons. The van der Waals surface area contributed by atoms with E-state index in [-0.39, 0.29) is 12.1 Å². The molecule has 0 aliphatic carbocycles. The van der Waals surface area contributed by atoms with Gasteiger partial charge in [-0.3, -0.25) is 4.79 Å². The number of hydrogen-bond donors (Lipinski definition) is 0. The highest BCUT2D eigenvalue weighted by molar-refractivity contribution is 5.83. The van der Waals surface area contributed by atoms with Gasteiger partial charge in [0, 0.05) is 6.42 Å². The number of benzene rings is 3. The lowest BCUT2D eigenvalue weighted by molar-refractivity contribution is -0.148. The molecule has 0 fully saturated rings. The molecule has 0 amide bonds. The number of hydrogen-bond acceptors (Lipinski definition) is 3. The Balaban J connectivity index is 1.83. The van der Waals surface area contributed by atoms with Crippen LogP contribution in [0.2, 0.25) is 0 Å². The fourth-order valence-electron chi connectivity index (χ4n) is 3.35. The van der Waals surface area contributed by atoms with E-state index in [0.717, 1.165) is 28.9 Å². The Morgan fingerprint density at radius 2 is 1.38 bits per heavy atom. The van der Waals surface area contributed by atoms with Crippen LogP contribution in [0.4, 0.5) is 0 Å². The number of carbonyl (C=O) groups is 1. The minimum absolute atomic E-state index is 0.148. The van der Waals surface area contributed by atoms with Crippen LogP contribution in [-0.4, -0.2) is 12.6 Å². The molecule has 3 heteroatoms. The lowest BCUT2D eigenvalue weighted by Crippen LogP contribution is -2.08. The minimum Gasteiger partial charge on any atom is -0.494 e. The number of rotatable bonds is 8. The Morgan fingerprint density at radius 1 is 0.828 bits per heavy atom. The molecule has 0 N–H and O–H groups in total. The van der Waals surface area contributed by atoms with E-state index >= 15 is 0 Å². The van der Waals surface area contributed by atoms with E-state index in [1.54, 1.807) is 0 Å². The van der Waals surface area contributed by atoms with Gasteiger partial charge in [-0.05, 0) is 60.2 Å². The van der Waals surface area contributed by atoms with Crippen LogP contribution in [0.5, 0.6) is 5.75 Å². The first-order chi connectivity index (χ1) is 14.1. The van der Waals surface area contributed by atoms with E-state index in [1.807, 2.05) is 45.0 Å². The summed E-state index contributed by atoms with van der Waals surface area (Å²) in [5, 5.41) is 0. The molecule has 0 aliphatic heterocycles. The molecule has 0 radical (unpaired) electrons. The largest absolute Gasteiger partial charge is 0.494 e. The van der Waals surface area contributed by atoms with Crippen LogP contribution in [0.15, 0.2) is 72.8 Å². The van der Waals surface area contributed by atoms with Crippen molar-refractivity contribution >= 4 is 5.97 Å². The summed E-state index contributed by atoms with van der Waals surface area (Å²) in [7, 11) is 0. The van der Waals surface area contributed by atoms with Crippen LogP contribution in [0.3, 0.4) is 0 Å². The normalized spacial score (nSPS) is 11.7. The molecule has 0 bridgehead atoms. The van der Waals surface area contributed by atoms with E-state index in [4.69, 9.17) is 9.47 Å². The van der Waals surface area contributed by atoms with Gasteiger partial charge in [0.25, 0.3) is 0 Å². The predicted octanol–water partition coefficient (Wildman–Crippen LogP) is 6.82. The second kappa shape index (κ2) is 9.92. The maximum atomic E-state index is 11.8. The van der Waals surface area contributed by atoms with Crippen molar-refractivity contribution in [2.45, 2.75) is 39.7 Å². The third-order valence-electron chi connectivity index (χ3n) is 4.86. The van der Waals surface area contributed by atoms with Crippen molar-refractivity contribution in [3.8, 4) is 28.0 Å². The standard InChI is InChI=1S/C26H28O3/c1-4-8-26(27)29-19(3)20-11-13-21(14-12-20)24-9-6-7-10-25(24)22-15-17-23(18-16-22)28-5-2/h6-7,9-19H,4-5,8H2,1-3H3. The van der Waals surface area contributed by atoms with Crippen LogP contribution in [0.25, 0.3) is 22.3 Å². The van der Waals surface area contributed by atoms with Gasteiger partial charge in [-0.25, -0.2) is 0 Å². The second-order valence-electron chi connectivity index (χ2n) is 7.01. The zero-order valence-corrected chi connectivity index (χ0v) is 17.4. The molecule has 0 aromatic heterocycles. The Bertz CT molecular complexity index is 927. The Hall–Kier alpha value is -3.07. The highest BCUT2D eigenvalue weighted by Gasteiger charge is 2.12. The van der Waals surface area contributed by atoms with Crippen molar-refractivity contribution in [1.82, 2.24) is 0 Å². The molecule has 3 rings (SSSR count). The summed E-state index contributed by atoms with van der Waals surface area (Å²) >= 11 is 0. The van der Waals surface area contributed by atoms with Gasteiger partial charge < -0.3 is 9.47 Å². The van der Waals surface area contributed by atoms with Gasteiger partial charge >= 0.3 is 5.97 Å². The first-order valence-electron chi connectivity index (χ1n) is 10.2. The third kappa shape index (κ3) is 5.26. The summed E-state index contributed by atoms with van der Waals surface area (Å²) in [4.78, 5) is 11.8. The topological polar surface area (TPSA) is 35.5 Å². The van der Waals surface area contributed by atoms with Crippen molar-refractivity contribution < 1.29 is 14.3 Å². The van der Waals surface area contributed by atoms with Crippen LogP contribution in [0.1, 0.15) is 45.3 Å². The molecule has 0 heterocycles. The van der Waals surface area contributed by atoms with E-state index in [9.17, 15) is 4.79 Å². The summed E-state index contributed by atoms with van der Waals surface area (Å²) in [5.74, 6) is 0.731. The predicted molar refractivity (Wildman–Crippen MR) is 118 cm³/mol. The quantitative estimate of drug-likeness (QED) is 0.397. The highest BCUT2D eigenvalue weighted by atomic mass is 16.5. The van der Waals surface area contributed by atoms with Crippen LogP contribution < -0.4 is 4.74 Å². The van der Waals surface area contributed by atoms with Crippen molar-refractivity contribution in [2.24, 2.45) is 0 Å². The van der Waals surface area contributed by atoms with Crippen molar-refractivity contribution in [1.29, 1.82) is 0 Å². The molecule has 0 saturated heterocycles. The fraction of sp³-hybridized carbons (Fsp3) is 0.269. The lowest BCUT2D eigenvalue weighted by atomic mass is 9.94. The van der Waals surface area contributed by atoms with Crippen molar-refractivity contribution in [3.05, 3.63) is 78.4 Å². The molecular formula is C26H28O3. The van der Waals surface area contributed by atoms with Crippen LogP contribution >= 0.6 is 0 Å². The molecule has 1 atom stereocenters. The van der Waals surface area contributed by atoms with Gasteiger partial charge in [-0.15, -0.1) is 0 Å². The Labute approximate surface area is 173 Å². The number of carbonyl (C=O) groups excluding carboxylic acids is 1. The molecule has 3 aromatic carbocycles. The highest BCUT2D eigenvalue weighted by Crippen LogP contribution is 2.33. The SMILES string of the molecule is CCCC(=O)OC(C)c1ccc(-c2ccccc2-c2ccc(OCC)cc2)cc1. The van der Waals surface area contributed by atoms with Gasteiger partial charge in [0.15, 0.2) is 0 Å². The second-order valence-corrected chi connectivity index (χ2v) is 7.01. The summed E-state index contributed by atoms with van der Waals surface area (Å²) in [6, 6.07) is 24.8. The number of ether oxygens (including phenoxy) is 2. The zero-order valence-electron chi connectivity index (χ0n) is 17.4. The summed E-state index contributed by atoms with van der Waals surface area (Å²) in [5.41, 5.74) is 5.61. The lowest BCUT2D eigenvalue weighted by Gasteiger charge is -2.15. The summed E-state index contributed by atoms with van der Waals surface area (Å²) in [6.07, 6.45) is 1.01. The van der Waals surface area contributed by atoms with E-state index in [2.05, 4.69) is 48.5 Å². The van der Waals surface area contributed by atoms with Crippen LogP contribution in [-0.2, 0) is 9.53 Å². The van der Waals surface area contributed by atoms with Gasteiger partial charge in [-0.1, -0.05) is 67.6 Å². The summed E-state index contributed by atoms with van der Waals surface area (Å²) in [6.45, 7) is 6.53. The van der Waals surface area contributed by atoms with Gasteiger partial charge in [0.2, 0.25) is 0 Å². The molecule has 0 saturated carbocycles. The molecular weight excluding hydrogens is 360 g/mol. The Morgan fingerprint density at radius 3 is 1.90 bits per heavy atom. The molecule has 1 unspecified atom stereocenters. The Kier molecular flexibility index (Phi) is 7.07. The fourth-order valence-corrected chi connectivity index (χ4v) is 3.35. The van der Waals surface area contributed by atoms with Crippen LogP contribution in [0, 0.1) is 0 Å². The first-order valence-corrected chi connectivity index (χ1v) is 10.2. The van der Waals surface area contributed by atoms with Crippen molar-refractivity contribution in [2.75, 3.05) is 6.61 Å². The smallest absolute Gasteiger partial charge is 0.306 e. The molecule has 0 spiro atoms. The monoisotopic (exact) mass is 388 g/mol. The average Bonchev–Trinajstić information content (AvgIpc) is 2.75. The minimum atomic E-state index is -0.246. The van der Waals surface area contributed by atoms with Gasteiger partial charge in [-0.2, -0.15) is 0 Å². The number of esters is 1. The zero-order chi connectivity index (χ0) is 20.6. The first kappa shape index (κ1) is 20.7. The van der Waals surface area contributed by atoms with E-state index in [0.29, 0.717) is 13.0 Å². The third-order valence-corrected chi connectivity index (χ3v) is 4.86. The maximum Gasteiger partial charge on any atom is 0.306 e. The average molecular weight is 389 g/mol. The maximum absolute atomic E-state index is 11.8. The summed E-state index contributed by atoms with van der Waals surface area (Å²) < 4.78 is 11.0. The van der Waals surface area contributed by atoms with Gasteiger partial charge in [0.1, 0.15) is 11.9 Å². The van der Waals surface area contributed by atoms with Gasteiger partial charge in [0.05, 0.1) is 6.61 Å². The molecule has 3 nitrogen and oxygen atoms in total. The molecule has 29 heavy (non-hydrogen) atoms. The van der Waals surface area contributed by atoms with Crippen molar-refractivity contribution in [3.63, 3.8) is 0 Å². The van der Waals surface area contributed by atoms with E-state index in [1.165, 1.54) is 11.1 Å². The molecule has 3 aromatic rings. The van der Waals surface area contributed by atoms with E-state index < -0.39 is 0 Å². The molecule has 0 aliphatic rings.